The molecule has 1 unspecified atom stereocenters. The van der Waals surface area contributed by atoms with Crippen molar-refractivity contribution >= 4 is 40.7 Å². The third-order valence-corrected chi connectivity index (χ3v) is 5.29. The summed E-state index contributed by atoms with van der Waals surface area (Å²) in [5.41, 5.74) is 4.74. The highest BCUT2D eigenvalue weighted by atomic mass is 15.2. The van der Waals surface area contributed by atoms with Gasteiger partial charge in [-0.2, -0.15) is 5.10 Å². The van der Waals surface area contributed by atoms with E-state index >= 15 is 0 Å². The van der Waals surface area contributed by atoms with Crippen molar-refractivity contribution in [3.63, 3.8) is 0 Å². The Labute approximate surface area is 198 Å². The topological polar surface area (TPSA) is 113 Å². The van der Waals surface area contributed by atoms with E-state index < -0.39 is 0 Å². The van der Waals surface area contributed by atoms with Gasteiger partial charge in [0.2, 0.25) is 0 Å². The number of rotatable bonds is 8. The lowest BCUT2D eigenvalue weighted by Crippen LogP contribution is -2.11. The number of hydrogen-bond donors (Lipinski definition) is 2. The van der Waals surface area contributed by atoms with Gasteiger partial charge in [0.15, 0.2) is 5.82 Å². The zero-order valence-electron chi connectivity index (χ0n) is 19.3. The lowest BCUT2D eigenvalue weighted by Gasteiger charge is -2.13. The van der Waals surface area contributed by atoms with Crippen LogP contribution in [0.4, 0.5) is 11.6 Å². The molecule has 0 radical (unpaired) electrons. The Balaban J connectivity index is 1.61. The summed E-state index contributed by atoms with van der Waals surface area (Å²) < 4.78 is 0. The maximum absolute atomic E-state index is 8.62. The van der Waals surface area contributed by atoms with Gasteiger partial charge in [-0.05, 0) is 59.0 Å². The second kappa shape index (κ2) is 10.5. The number of fused-ring (bicyclic) bond motifs is 1. The predicted molar refractivity (Wildman–Crippen MR) is 137 cm³/mol. The van der Waals surface area contributed by atoms with Gasteiger partial charge in [0.05, 0.1) is 23.1 Å². The van der Waals surface area contributed by atoms with Crippen LogP contribution in [0.3, 0.4) is 0 Å². The molecule has 0 amide bonds. The fourth-order valence-electron chi connectivity index (χ4n) is 3.41. The minimum absolute atomic E-state index is 0.346. The van der Waals surface area contributed by atoms with Crippen molar-refractivity contribution < 1.29 is 0 Å². The Bertz CT molecular complexity index is 1350. The minimum Gasteiger partial charge on any atom is -0.323 e. The van der Waals surface area contributed by atoms with E-state index in [0.29, 0.717) is 28.8 Å². The fourth-order valence-corrected chi connectivity index (χ4v) is 3.41. The van der Waals surface area contributed by atoms with Crippen LogP contribution in [0.15, 0.2) is 72.3 Å². The Morgan fingerprint density at radius 2 is 1.91 bits per heavy atom. The number of aromatic nitrogens is 5. The molecule has 4 heterocycles. The van der Waals surface area contributed by atoms with Crippen LogP contribution in [0.25, 0.3) is 17.1 Å². The van der Waals surface area contributed by atoms with E-state index in [1.54, 1.807) is 44.1 Å². The standard InChI is InChI=1S/C26H26N8/c1-17(2)19-12-26(34-31-15-19)33-25-9-8-23-24(32-25)11-20(14-30-23)21(16-28-3)22(27)7-6-18-5-4-10-29-13-18/h4-17,21,27H,1-3H3,(H,32,33,34)/b7-6+,27-22?,28-16?. The normalized spacial score (nSPS) is 12.6. The van der Waals surface area contributed by atoms with Crippen LogP contribution in [-0.4, -0.2) is 44.1 Å². The van der Waals surface area contributed by atoms with Crippen LogP contribution in [0.2, 0.25) is 0 Å². The summed E-state index contributed by atoms with van der Waals surface area (Å²) in [4.78, 5) is 17.6. The molecule has 2 N–H and O–H groups in total. The van der Waals surface area contributed by atoms with E-state index in [1.165, 1.54) is 0 Å². The molecule has 0 aromatic carbocycles. The van der Waals surface area contributed by atoms with Gasteiger partial charge >= 0.3 is 0 Å². The van der Waals surface area contributed by atoms with Crippen molar-refractivity contribution in [1.29, 1.82) is 5.41 Å². The second-order valence-electron chi connectivity index (χ2n) is 8.12. The van der Waals surface area contributed by atoms with E-state index in [4.69, 9.17) is 10.4 Å². The molecular weight excluding hydrogens is 424 g/mol. The number of hydrogen-bond acceptors (Lipinski definition) is 8. The van der Waals surface area contributed by atoms with Crippen LogP contribution in [0, 0.1) is 5.41 Å². The molecule has 4 aromatic rings. The molecule has 8 heteroatoms. The fraction of sp³-hybridized carbons (Fsp3) is 0.192. The molecule has 0 saturated heterocycles. The summed E-state index contributed by atoms with van der Waals surface area (Å²) in [5, 5.41) is 20.1. The van der Waals surface area contributed by atoms with Crippen LogP contribution in [-0.2, 0) is 0 Å². The number of nitrogens with zero attached hydrogens (tertiary/aromatic N) is 6. The highest BCUT2D eigenvalue weighted by Gasteiger charge is 2.15. The van der Waals surface area contributed by atoms with E-state index in [0.717, 1.165) is 22.2 Å². The van der Waals surface area contributed by atoms with Gasteiger partial charge in [0.25, 0.3) is 0 Å². The van der Waals surface area contributed by atoms with Crippen molar-refractivity contribution in [3.05, 3.63) is 84.0 Å². The van der Waals surface area contributed by atoms with Gasteiger partial charge in [0, 0.05) is 37.6 Å². The van der Waals surface area contributed by atoms with Gasteiger partial charge in [0.1, 0.15) is 5.82 Å². The molecule has 0 spiro atoms. The Kier molecular flexibility index (Phi) is 7.07. The van der Waals surface area contributed by atoms with Crippen LogP contribution in [0.5, 0.6) is 0 Å². The van der Waals surface area contributed by atoms with Crippen molar-refractivity contribution in [3.8, 4) is 0 Å². The van der Waals surface area contributed by atoms with Crippen LogP contribution in [0.1, 0.15) is 42.4 Å². The Morgan fingerprint density at radius 3 is 2.68 bits per heavy atom. The SMILES string of the molecule is CN=CC(C(=N)/C=C/c1cccnc1)c1cnc2ccc(Nc3cc(C(C)C)cnn3)nc2c1. The first kappa shape index (κ1) is 22.8. The maximum Gasteiger partial charge on any atom is 0.154 e. The molecule has 0 aliphatic carbocycles. The summed E-state index contributed by atoms with van der Waals surface area (Å²) in [7, 11) is 1.70. The molecule has 0 fully saturated rings. The van der Waals surface area contributed by atoms with E-state index in [1.807, 2.05) is 42.5 Å². The van der Waals surface area contributed by atoms with Gasteiger partial charge < -0.3 is 10.7 Å². The van der Waals surface area contributed by atoms with Crippen molar-refractivity contribution in [2.75, 3.05) is 12.4 Å². The molecule has 170 valence electrons. The summed E-state index contributed by atoms with van der Waals surface area (Å²) in [5.74, 6) is 1.29. The third kappa shape index (κ3) is 5.53. The highest BCUT2D eigenvalue weighted by molar-refractivity contribution is 6.10. The first-order valence-corrected chi connectivity index (χ1v) is 11.0. The smallest absolute Gasteiger partial charge is 0.154 e. The number of allylic oxidation sites excluding steroid dienone is 1. The van der Waals surface area contributed by atoms with E-state index in [-0.39, 0.29) is 5.92 Å². The molecule has 0 bridgehead atoms. The van der Waals surface area contributed by atoms with Crippen molar-refractivity contribution in [2.45, 2.75) is 25.7 Å². The lowest BCUT2D eigenvalue weighted by molar-refractivity contribution is 0.843. The average Bonchev–Trinajstić information content (AvgIpc) is 2.86. The quantitative estimate of drug-likeness (QED) is 0.357. The van der Waals surface area contributed by atoms with E-state index in [9.17, 15) is 0 Å². The molecule has 4 rings (SSSR count). The summed E-state index contributed by atoms with van der Waals surface area (Å²) in [6.45, 7) is 4.23. The zero-order chi connectivity index (χ0) is 23.9. The third-order valence-electron chi connectivity index (χ3n) is 5.29. The Morgan fingerprint density at radius 1 is 1.03 bits per heavy atom. The first-order valence-electron chi connectivity index (χ1n) is 11.0. The lowest BCUT2D eigenvalue weighted by atomic mass is 9.95. The molecule has 4 aromatic heterocycles. The molecular formula is C26H26N8. The summed E-state index contributed by atoms with van der Waals surface area (Å²) in [6, 6.07) is 11.5. The number of aliphatic imine (C=N–C) groups is 1. The van der Waals surface area contributed by atoms with Crippen LogP contribution >= 0.6 is 0 Å². The highest BCUT2D eigenvalue weighted by Crippen LogP contribution is 2.23. The van der Waals surface area contributed by atoms with Crippen molar-refractivity contribution in [2.24, 2.45) is 4.99 Å². The summed E-state index contributed by atoms with van der Waals surface area (Å²) in [6.07, 6.45) is 12.4. The summed E-state index contributed by atoms with van der Waals surface area (Å²) >= 11 is 0. The molecule has 8 nitrogen and oxygen atoms in total. The molecule has 34 heavy (non-hydrogen) atoms. The monoisotopic (exact) mass is 450 g/mol. The van der Waals surface area contributed by atoms with Gasteiger partial charge in [-0.3, -0.25) is 15.0 Å². The predicted octanol–water partition coefficient (Wildman–Crippen LogP) is 5.20. The van der Waals surface area contributed by atoms with E-state index in [2.05, 4.69) is 44.3 Å². The number of pyridine rings is 3. The van der Waals surface area contributed by atoms with Crippen molar-refractivity contribution in [1.82, 2.24) is 25.1 Å². The second-order valence-corrected chi connectivity index (χ2v) is 8.12. The van der Waals surface area contributed by atoms with Gasteiger partial charge in [-0.15, -0.1) is 5.10 Å². The number of anilines is 2. The minimum atomic E-state index is -0.346. The van der Waals surface area contributed by atoms with Gasteiger partial charge in [-0.25, -0.2) is 4.98 Å². The Hall–Kier alpha value is -4.33. The average molecular weight is 451 g/mol. The van der Waals surface area contributed by atoms with Crippen LogP contribution < -0.4 is 5.32 Å². The first-order chi connectivity index (χ1) is 16.5. The van der Waals surface area contributed by atoms with Gasteiger partial charge in [-0.1, -0.05) is 26.0 Å². The molecule has 0 aliphatic heterocycles. The largest absolute Gasteiger partial charge is 0.323 e. The maximum atomic E-state index is 8.62. The molecule has 0 saturated carbocycles. The molecule has 0 aliphatic rings. The number of nitrogens with one attached hydrogen (secondary N) is 2. The zero-order valence-corrected chi connectivity index (χ0v) is 19.3. The molecule has 1 atom stereocenters.